The van der Waals surface area contributed by atoms with Gasteiger partial charge in [0.25, 0.3) is 0 Å². The minimum Gasteiger partial charge on any atom is -0.454 e. The van der Waals surface area contributed by atoms with Gasteiger partial charge in [-0.25, -0.2) is 0 Å². The molecule has 2 aromatic heterocycles. The zero-order valence-corrected chi connectivity index (χ0v) is 50.6. The zero-order chi connectivity index (χ0) is 60.7. The van der Waals surface area contributed by atoms with Crippen LogP contribution in [0.15, 0.2) is 312 Å². The van der Waals surface area contributed by atoms with Crippen LogP contribution in [0, 0.1) is 13.8 Å². The predicted octanol–water partition coefficient (Wildman–Crippen LogP) is 25.6. The van der Waals surface area contributed by atoms with Crippen LogP contribution in [0.2, 0.25) is 0 Å². The summed E-state index contributed by atoms with van der Waals surface area (Å²) < 4.78 is 13.9. The van der Waals surface area contributed by atoms with Crippen LogP contribution in [0.5, 0.6) is 0 Å². The van der Waals surface area contributed by atoms with Gasteiger partial charge in [0.2, 0.25) is 0 Å². The summed E-state index contributed by atoms with van der Waals surface area (Å²) in [4.78, 5) is 4.88. The Kier molecular flexibility index (Phi) is 11.5. The first-order chi connectivity index (χ1) is 45.5. The van der Waals surface area contributed by atoms with Crippen LogP contribution in [0.3, 0.4) is 0 Å². The number of nitrogens with zero attached hydrogens (tertiary/aromatic N) is 2. The first kappa shape index (κ1) is 52.0. The Hall–Kier alpha value is -12.0. The topological polar surface area (TPSA) is 32.8 Å². The van der Waals surface area contributed by atoms with Gasteiger partial charge in [-0.1, -0.05) is 243 Å². The number of aryl methyl sites for hydroxylation is 2. The molecule has 0 N–H and O–H groups in total. The summed E-state index contributed by atoms with van der Waals surface area (Å²) in [5.41, 5.74) is 19.1. The summed E-state index contributed by atoms with van der Waals surface area (Å²) in [6.07, 6.45) is 0. The second kappa shape index (κ2) is 20.3. The molecule has 430 valence electrons. The molecule has 0 aliphatic rings. The number of anilines is 6. The van der Waals surface area contributed by atoms with Crippen LogP contribution >= 0.6 is 0 Å². The van der Waals surface area contributed by atoms with Crippen molar-refractivity contribution in [2.45, 2.75) is 13.8 Å². The van der Waals surface area contributed by atoms with Crippen molar-refractivity contribution < 1.29 is 8.83 Å². The van der Waals surface area contributed by atoms with E-state index in [1.807, 2.05) is 6.07 Å². The molecule has 17 aromatic carbocycles. The molecule has 4 heteroatoms. The number of fused-ring (bicyclic) bond motifs is 10. The molecular formula is C88H56N2O2. The number of furan rings is 2. The predicted molar refractivity (Wildman–Crippen MR) is 390 cm³/mol. The molecule has 0 spiro atoms. The van der Waals surface area contributed by atoms with Crippen molar-refractivity contribution in [3.63, 3.8) is 0 Å². The number of hydrogen-bond donors (Lipinski definition) is 0. The summed E-state index contributed by atoms with van der Waals surface area (Å²) in [5.74, 6) is 0. The van der Waals surface area contributed by atoms with Gasteiger partial charge in [0.1, 0.15) is 11.2 Å². The van der Waals surface area contributed by atoms with Gasteiger partial charge in [-0.15, -0.1) is 0 Å². The van der Waals surface area contributed by atoms with E-state index >= 15 is 0 Å². The summed E-state index contributed by atoms with van der Waals surface area (Å²) in [6, 6.07) is 112. The van der Waals surface area contributed by atoms with Crippen molar-refractivity contribution in [3.8, 4) is 33.4 Å². The van der Waals surface area contributed by atoms with Crippen LogP contribution in [-0.2, 0) is 0 Å². The molecule has 0 atom stereocenters. The smallest absolute Gasteiger partial charge is 0.159 e. The highest BCUT2D eigenvalue weighted by molar-refractivity contribution is 6.29. The van der Waals surface area contributed by atoms with E-state index in [1.165, 1.54) is 86.9 Å². The lowest BCUT2D eigenvalue weighted by Crippen LogP contribution is -2.12. The summed E-state index contributed by atoms with van der Waals surface area (Å²) in [5, 5.41) is 21.2. The van der Waals surface area contributed by atoms with Gasteiger partial charge in [0, 0.05) is 43.7 Å². The molecule has 0 fully saturated rings. The highest BCUT2D eigenvalue weighted by atomic mass is 16.3. The standard InChI is InChI=1S/C88H56N2O2/c1-53-49-60(62-45-46-71(64-23-7-6-22-63(62)64)86-69-28-10-8-26-67(69)83(68-27-9-11-29-70(68)86)59-38-37-55-20-4-5-21-58(55)51-59)52-61(50-53)89(79-33-17-30-72-65-24-12-15-35-81(65)91-87(72)79)77-47-41-56-40-44-75-78(48-42-57-39-43-74(77)84(56)85(57)75)90(76-32-14-3-19-54(76)2)80-34-18-31-73-66-25-13-16-36-82(66)92-88(73)80/h3-52H,1-2H3. The molecule has 4 nitrogen and oxygen atoms in total. The molecule has 0 saturated heterocycles. The molecule has 0 aliphatic heterocycles. The maximum Gasteiger partial charge on any atom is 0.159 e. The molecule has 2 heterocycles. The largest absolute Gasteiger partial charge is 0.454 e. The molecule has 19 rings (SSSR count). The third kappa shape index (κ3) is 7.84. The van der Waals surface area contributed by atoms with Crippen molar-refractivity contribution >= 4 is 153 Å². The van der Waals surface area contributed by atoms with Crippen molar-refractivity contribution in [2.75, 3.05) is 9.80 Å². The number of benzene rings is 17. The van der Waals surface area contributed by atoms with Gasteiger partial charge >= 0.3 is 0 Å². The van der Waals surface area contributed by atoms with E-state index in [4.69, 9.17) is 8.83 Å². The van der Waals surface area contributed by atoms with Crippen LogP contribution in [0.25, 0.3) is 153 Å². The van der Waals surface area contributed by atoms with E-state index in [1.54, 1.807) is 0 Å². The molecule has 0 amide bonds. The van der Waals surface area contributed by atoms with Gasteiger partial charge in [-0.2, -0.15) is 0 Å². The Morgan fingerprint density at radius 3 is 1.33 bits per heavy atom. The lowest BCUT2D eigenvalue weighted by molar-refractivity contribution is 0.668. The Labute approximate surface area is 530 Å². The van der Waals surface area contributed by atoms with Gasteiger partial charge in [-0.05, 0) is 184 Å². The Balaban J connectivity index is 0.819. The van der Waals surface area contributed by atoms with Gasteiger partial charge in [0.15, 0.2) is 11.2 Å². The SMILES string of the molecule is Cc1cc(-c2ccc(-c3c4ccccc4c(-c4ccc5ccccc5c4)c4ccccc34)c3ccccc23)cc(N(c2ccc3ccc4c(N(c5ccccc5C)c5cccc6c5oc5ccccc56)ccc5ccc2c3c54)c2cccc3c2oc2ccccc23)c1. The summed E-state index contributed by atoms with van der Waals surface area (Å²) >= 11 is 0. The summed E-state index contributed by atoms with van der Waals surface area (Å²) in [6.45, 7) is 4.43. The fourth-order valence-corrected chi connectivity index (χ4v) is 15.5. The quantitative estimate of drug-likeness (QED) is 0.107. The van der Waals surface area contributed by atoms with E-state index < -0.39 is 0 Å². The minimum absolute atomic E-state index is 0.833. The van der Waals surface area contributed by atoms with Gasteiger partial charge < -0.3 is 18.6 Å². The van der Waals surface area contributed by atoms with E-state index in [-0.39, 0.29) is 0 Å². The number of para-hydroxylation sites is 5. The third-order valence-corrected chi connectivity index (χ3v) is 19.5. The highest BCUT2D eigenvalue weighted by Crippen LogP contribution is 2.53. The van der Waals surface area contributed by atoms with Gasteiger partial charge in [-0.3, -0.25) is 0 Å². The lowest BCUT2D eigenvalue weighted by atomic mass is 9.83. The Morgan fingerprint density at radius 1 is 0.250 bits per heavy atom. The molecule has 0 bridgehead atoms. The fourth-order valence-electron chi connectivity index (χ4n) is 15.5. The molecule has 0 unspecified atom stereocenters. The lowest BCUT2D eigenvalue weighted by Gasteiger charge is -2.30. The second-order valence-corrected chi connectivity index (χ2v) is 24.7. The van der Waals surface area contributed by atoms with Crippen molar-refractivity contribution in [3.05, 3.63) is 314 Å². The average molecular weight is 1170 g/mol. The number of hydrogen-bond acceptors (Lipinski definition) is 4. The molecule has 19 aromatic rings. The normalized spacial score (nSPS) is 12.0. The third-order valence-electron chi connectivity index (χ3n) is 19.5. The van der Waals surface area contributed by atoms with Crippen molar-refractivity contribution in [1.82, 2.24) is 0 Å². The summed E-state index contributed by atoms with van der Waals surface area (Å²) in [7, 11) is 0. The van der Waals surface area contributed by atoms with Crippen LogP contribution in [-0.4, -0.2) is 0 Å². The van der Waals surface area contributed by atoms with E-state index in [0.29, 0.717) is 0 Å². The van der Waals surface area contributed by atoms with E-state index in [2.05, 4.69) is 321 Å². The monoisotopic (exact) mass is 1170 g/mol. The molecule has 0 aliphatic carbocycles. The number of rotatable bonds is 9. The highest BCUT2D eigenvalue weighted by Gasteiger charge is 2.28. The Morgan fingerprint density at radius 2 is 0.707 bits per heavy atom. The minimum atomic E-state index is 0.833. The fraction of sp³-hybridized carbons (Fsp3) is 0.0227. The van der Waals surface area contributed by atoms with Crippen molar-refractivity contribution in [1.29, 1.82) is 0 Å². The van der Waals surface area contributed by atoms with Crippen LogP contribution in [0.1, 0.15) is 11.1 Å². The second-order valence-electron chi connectivity index (χ2n) is 24.7. The molecule has 0 saturated carbocycles. The maximum atomic E-state index is 7.03. The Bertz CT molecular complexity index is 6210. The molecular weight excluding hydrogens is 1120 g/mol. The first-order valence-corrected chi connectivity index (χ1v) is 31.7. The van der Waals surface area contributed by atoms with Crippen LogP contribution in [0.4, 0.5) is 34.1 Å². The maximum absolute atomic E-state index is 7.03. The zero-order valence-electron chi connectivity index (χ0n) is 50.6. The van der Waals surface area contributed by atoms with E-state index in [9.17, 15) is 0 Å². The molecule has 0 radical (unpaired) electrons. The van der Waals surface area contributed by atoms with Crippen LogP contribution < -0.4 is 9.80 Å². The van der Waals surface area contributed by atoms with Gasteiger partial charge in [0.05, 0.1) is 22.7 Å². The first-order valence-electron chi connectivity index (χ1n) is 31.7. The van der Waals surface area contributed by atoms with Crippen molar-refractivity contribution in [2.24, 2.45) is 0 Å². The molecule has 92 heavy (non-hydrogen) atoms. The average Bonchev–Trinajstić information content (AvgIpc) is 0.848. The van der Waals surface area contributed by atoms with E-state index in [0.717, 1.165) is 111 Å².